The molecule has 0 bridgehead atoms. The highest BCUT2D eigenvalue weighted by Crippen LogP contribution is 2.32. The molecule has 10 nitrogen and oxygen atoms in total. The first kappa shape index (κ1) is 28.2. The maximum atomic E-state index is 13.6. The molecular formula is C30H31N3O7. The van der Waals surface area contributed by atoms with E-state index in [-0.39, 0.29) is 19.6 Å². The first-order valence-corrected chi connectivity index (χ1v) is 12.7. The minimum Gasteiger partial charge on any atom is -0.493 e. The van der Waals surface area contributed by atoms with Crippen molar-refractivity contribution in [3.05, 3.63) is 83.4 Å². The number of hydrogen-bond donors (Lipinski definition) is 1. The van der Waals surface area contributed by atoms with Gasteiger partial charge in [-0.15, -0.1) is 0 Å². The van der Waals surface area contributed by atoms with Crippen LogP contribution in [0.4, 0.5) is 16.2 Å². The van der Waals surface area contributed by atoms with Crippen LogP contribution in [0.25, 0.3) is 0 Å². The van der Waals surface area contributed by atoms with E-state index in [0.29, 0.717) is 34.0 Å². The van der Waals surface area contributed by atoms with Crippen LogP contribution < -0.4 is 19.7 Å². The van der Waals surface area contributed by atoms with Crippen molar-refractivity contribution in [2.24, 2.45) is 0 Å². The number of anilines is 2. The number of nitrogens with zero attached hydrogens (tertiary/aromatic N) is 2. The molecule has 1 aliphatic heterocycles. The molecule has 4 amide bonds. The summed E-state index contributed by atoms with van der Waals surface area (Å²) in [6, 6.07) is 16.9. The molecule has 3 aromatic carbocycles. The van der Waals surface area contributed by atoms with Gasteiger partial charge >= 0.3 is 12.0 Å². The van der Waals surface area contributed by atoms with E-state index in [4.69, 9.17) is 14.2 Å². The number of urea groups is 1. The van der Waals surface area contributed by atoms with Gasteiger partial charge in [0, 0.05) is 12.2 Å². The molecule has 3 aromatic rings. The van der Waals surface area contributed by atoms with E-state index in [1.165, 1.54) is 19.1 Å². The quantitative estimate of drug-likeness (QED) is 0.294. The summed E-state index contributed by atoms with van der Waals surface area (Å²) in [5.41, 5.74) is 2.90. The first-order chi connectivity index (χ1) is 19.2. The Balaban J connectivity index is 1.57. The fourth-order valence-corrected chi connectivity index (χ4v) is 4.41. The van der Waals surface area contributed by atoms with Crippen LogP contribution in [-0.2, 0) is 20.9 Å². The monoisotopic (exact) mass is 545 g/mol. The second kappa shape index (κ2) is 12.3. The van der Waals surface area contributed by atoms with Crippen LogP contribution in [0.1, 0.15) is 34.8 Å². The molecule has 1 saturated heterocycles. The van der Waals surface area contributed by atoms with Crippen molar-refractivity contribution in [1.82, 2.24) is 4.90 Å². The van der Waals surface area contributed by atoms with Crippen LogP contribution in [0.2, 0.25) is 0 Å². The third kappa shape index (κ3) is 6.06. The number of aryl methyl sites for hydroxylation is 1. The number of amides is 4. The van der Waals surface area contributed by atoms with E-state index in [1.54, 1.807) is 61.5 Å². The number of methoxy groups -OCH3 is 2. The summed E-state index contributed by atoms with van der Waals surface area (Å²) in [6.45, 7) is 3.95. The Morgan fingerprint density at radius 2 is 1.57 bits per heavy atom. The lowest BCUT2D eigenvalue weighted by molar-refractivity contribution is -0.124. The van der Waals surface area contributed by atoms with Crippen molar-refractivity contribution >= 4 is 35.2 Å². The third-order valence-corrected chi connectivity index (χ3v) is 6.47. The minimum atomic E-state index is -1.04. The van der Waals surface area contributed by atoms with Crippen molar-refractivity contribution in [3.8, 4) is 11.5 Å². The molecule has 1 aliphatic rings. The molecule has 4 rings (SSSR count). The lowest BCUT2D eigenvalue weighted by Gasteiger charge is -2.22. The smallest absolute Gasteiger partial charge is 0.338 e. The molecule has 1 heterocycles. The molecule has 0 unspecified atom stereocenters. The highest BCUT2D eigenvalue weighted by Gasteiger charge is 2.46. The highest BCUT2D eigenvalue weighted by molar-refractivity contribution is 6.22. The van der Waals surface area contributed by atoms with E-state index in [1.807, 2.05) is 19.1 Å². The molecule has 0 radical (unpaired) electrons. The molecule has 1 N–H and O–H groups in total. The molecule has 10 heteroatoms. The molecule has 0 aliphatic carbocycles. The van der Waals surface area contributed by atoms with Crippen molar-refractivity contribution in [2.75, 3.05) is 31.0 Å². The van der Waals surface area contributed by atoms with E-state index in [2.05, 4.69) is 5.32 Å². The average molecular weight is 546 g/mol. The summed E-state index contributed by atoms with van der Waals surface area (Å²) in [6.07, 6.45) is -0.264. The fraction of sp³-hybridized carbons (Fsp3) is 0.267. The van der Waals surface area contributed by atoms with Crippen molar-refractivity contribution in [2.45, 2.75) is 32.9 Å². The zero-order valence-corrected chi connectivity index (χ0v) is 22.8. The number of esters is 1. The van der Waals surface area contributed by atoms with Gasteiger partial charge in [0.15, 0.2) is 11.5 Å². The Hall–Kier alpha value is -4.86. The van der Waals surface area contributed by atoms with Gasteiger partial charge in [0.2, 0.25) is 5.91 Å². The molecule has 1 atom stereocenters. The van der Waals surface area contributed by atoms with Gasteiger partial charge in [-0.1, -0.05) is 23.8 Å². The van der Waals surface area contributed by atoms with Crippen molar-refractivity contribution in [1.29, 1.82) is 0 Å². The number of carbonyl (C=O) groups excluding carboxylic acids is 4. The van der Waals surface area contributed by atoms with E-state index in [0.717, 1.165) is 10.5 Å². The highest BCUT2D eigenvalue weighted by atomic mass is 16.5. The van der Waals surface area contributed by atoms with Gasteiger partial charge < -0.3 is 24.4 Å². The van der Waals surface area contributed by atoms with Crippen LogP contribution in [0.5, 0.6) is 11.5 Å². The second-order valence-corrected chi connectivity index (χ2v) is 9.17. The number of nitrogens with one attached hydrogen (secondary N) is 1. The fourth-order valence-electron chi connectivity index (χ4n) is 4.41. The van der Waals surface area contributed by atoms with Gasteiger partial charge in [-0.2, -0.15) is 0 Å². The van der Waals surface area contributed by atoms with E-state index in [9.17, 15) is 19.2 Å². The van der Waals surface area contributed by atoms with Gasteiger partial charge in [-0.3, -0.25) is 9.59 Å². The Morgan fingerprint density at radius 1 is 0.900 bits per heavy atom. The Bertz CT molecular complexity index is 1400. The number of hydrogen-bond acceptors (Lipinski definition) is 7. The molecule has 0 aromatic heterocycles. The summed E-state index contributed by atoms with van der Waals surface area (Å²) < 4.78 is 15.7. The summed E-state index contributed by atoms with van der Waals surface area (Å²) in [5, 5.41) is 2.75. The first-order valence-electron chi connectivity index (χ1n) is 12.7. The zero-order valence-electron chi connectivity index (χ0n) is 22.8. The lowest BCUT2D eigenvalue weighted by Crippen LogP contribution is -2.37. The Kier molecular flexibility index (Phi) is 8.68. The van der Waals surface area contributed by atoms with Gasteiger partial charge in [-0.05, 0) is 67.9 Å². The third-order valence-electron chi connectivity index (χ3n) is 6.47. The van der Waals surface area contributed by atoms with Crippen LogP contribution >= 0.6 is 0 Å². The maximum absolute atomic E-state index is 13.6. The van der Waals surface area contributed by atoms with Crippen LogP contribution in [0.15, 0.2) is 66.7 Å². The largest absolute Gasteiger partial charge is 0.493 e. The number of benzene rings is 3. The van der Waals surface area contributed by atoms with Crippen molar-refractivity contribution < 1.29 is 33.4 Å². The predicted molar refractivity (Wildman–Crippen MR) is 149 cm³/mol. The van der Waals surface area contributed by atoms with Gasteiger partial charge in [0.25, 0.3) is 5.91 Å². The molecule has 0 saturated carbocycles. The number of ether oxygens (including phenoxy) is 3. The van der Waals surface area contributed by atoms with Crippen LogP contribution in [0.3, 0.4) is 0 Å². The summed E-state index contributed by atoms with van der Waals surface area (Å²) in [5.74, 6) is -0.409. The molecular weight excluding hydrogens is 514 g/mol. The van der Waals surface area contributed by atoms with Gasteiger partial charge in [0.1, 0.15) is 6.04 Å². The summed E-state index contributed by atoms with van der Waals surface area (Å²) >= 11 is 0. The molecule has 0 spiro atoms. The zero-order chi connectivity index (χ0) is 28.8. The van der Waals surface area contributed by atoms with Gasteiger partial charge in [0.05, 0.1) is 38.5 Å². The Labute approximate surface area is 232 Å². The average Bonchev–Trinajstić information content (AvgIpc) is 3.17. The van der Waals surface area contributed by atoms with E-state index < -0.39 is 29.9 Å². The normalized spacial score (nSPS) is 14.8. The summed E-state index contributed by atoms with van der Waals surface area (Å²) in [7, 11) is 3.04. The molecule has 40 heavy (non-hydrogen) atoms. The van der Waals surface area contributed by atoms with Crippen molar-refractivity contribution in [3.63, 3.8) is 0 Å². The Morgan fingerprint density at radius 3 is 2.20 bits per heavy atom. The standard InChI is InChI=1S/C30H31N3O7/c1-5-40-29(36)21-9-11-22(12-10-21)31-27(34)17-24-28(35)33(23-13-6-19(2)7-14-23)30(37)32(24)18-20-8-15-25(38-3)26(16-20)39-4/h6-16,24H,5,17-18H2,1-4H3,(H,31,34)/t24-/m1/s1. The predicted octanol–water partition coefficient (Wildman–Crippen LogP) is 4.56. The number of imide groups is 1. The maximum Gasteiger partial charge on any atom is 0.338 e. The van der Waals surface area contributed by atoms with E-state index >= 15 is 0 Å². The molecule has 208 valence electrons. The number of rotatable bonds is 10. The second-order valence-electron chi connectivity index (χ2n) is 9.17. The van der Waals surface area contributed by atoms with Gasteiger partial charge in [-0.25, -0.2) is 14.5 Å². The number of carbonyl (C=O) groups is 4. The minimum absolute atomic E-state index is 0.0689. The van der Waals surface area contributed by atoms with Crippen LogP contribution in [-0.4, -0.2) is 55.6 Å². The SMILES string of the molecule is CCOC(=O)c1ccc(NC(=O)C[C@@H]2C(=O)N(c3ccc(C)cc3)C(=O)N2Cc2ccc(OC)c(OC)c2)cc1. The van der Waals surface area contributed by atoms with Crippen LogP contribution in [0, 0.1) is 6.92 Å². The molecule has 1 fully saturated rings. The lowest BCUT2D eigenvalue weighted by atomic mass is 10.1. The topological polar surface area (TPSA) is 114 Å². The summed E-state index contributed by atoms with van der Waals surface area (Å²) in [4.78, 5) is 54.6.